The van der Waals surface area contributed by atoms with Gasteiger partial charge in [0.1, 0.15) is 0 Å². The summed E-state index contributed by atoms with van der Waals surface area (Å²) >= 11 is 0. The molecule has 0 aromatic heterocycles. The molecule has 36 heavy (non-hydrogen) atoms. The van der Waals surface area contributed by atoms with Crippen LogP contribution in [0, 0.1) is 12.8 Å². The van der Waals surface area contributed by atoms with E-state index in [1.807, 2.05) is 49.4 Å². The number of benzene rings is 3. The first kappa shape index (κ1) is 23.6. The third-order valence-corrected chi connectivity index (χ3v) is 6.88. The maximum Gasteiger partial charge on any atom is 0.321 e. The van der Waals surface area contributed by atoms with Crippen molar-refractivity contribution in [1.82, 2.24) is 4.90 Å². The molecule has 2 N–H and O–H groups in total. The van der Waals surface area contributed by atoms with Crippen LogP contribution in [0.5, 0.6) is 0 Å². The number of rotatable bonds is 4. The highest BCUT2D eigenvalue weighted by atomic mass is 16.2. The van der Waals surface area contributed by atoms with Gasteiger partial charge in [0.15, 0.2) is 0 Å². The van der Waals surface area contributed by atoms with Crippen molar-refractivity contribution in [3.8, 4) is 0 Å². The highest BCUT2D eigenvalue weighted by molar-refractivity contribution is 6.07. The molecule has 3 aromatic rings. The van der Waals surface area contributed by atoms with E-state index in [-0.39, 0.29) is 23.8 Å². The second-order valence-electron chi connectivity index (χ2n) is 9.49. The average Bonchev–Trinajstić information content (AvgIpc) is 3.33. The zero-order valence-electron chi connectivity index (χ0n) is 20.4. The summed E-state index contributed by atoms with van der Waals surface area (Å²) in [5, 5.41) is 5.88. The van der Waals surface area contributed by atoms with E-state index in [1.165, 1.54) is 5.56 Å². The number of nitrogens with zero attached hydrogens (tertiary/aromatic N) is 2. The molecule has 1 saturated heterocycles. The third kappa shape index (κ3) is 5.10. The Labute approximate surface area is 211 Å². The molecule has 2 heterocycles. The highest BCUT2D eigenvalue weighted by Crippen LogP contribution is 2.29. The van der Waals surface area contributed by atoms with Crippen LogP contribution < -0.4 is 15.5 Å². The number of likely N-dealkylation sites (tertiary alicyclic amines) is 1. The number of urea groups is 1. The first-order valence-corrected chi connectivity index (χ1v) is 12.4. The summed E-state index contributed by atoms with van der Waals surface area (Å²) < 4.78 is 0. The maximum absolute atomic E-state index is 13.0. The van der Waals surface area contributed by atoms with Gasteiger partial charge in [-0.2, -0.15) is 0 Å². The van der Waals surface area contributed by atoms with Crippen molar-refractivity contribution in [2.75, 3.05) is 35.2 Å². The minimum Gasteiger partial charge on any atom is -0.326 e. The lowest BCUT2D eigenvalue weighted by Gasteiger charge is -2.32. The van der Waals surface area contributed by atoms with Crippen LogP contribution in [-0.2, 0) is 11.2 Å². The van der Waals surface area contributed by atoms with Crippen molar-refractivity contribution >= 4 is 34.9 Å². The first-order valence-electron chi connectivity index (χ1n) is 12.4. The number of nitrogens with one attached hydrogen (secondary N) is 2. The Morgan fingerprint density at radius 2 is 1.67 bits per heavy atom. The number of carbonyl (C=O) groups excluding carboxylic acids is 3. The predicted molar refractivity (Wildman–Crippen MR) is 141 cm³/mol. The number of hydrogen-bond acceptors (Lipinski definition) is 3. The Hall–Kier alpha value is -4.13. The molecule has 7 nitrogen and oxygen atoms in total. The van der Waals surface area contributed by atoms with Gasteiger partial charge in [-0.25, -0.2) is 4.79 Å². The van der Waals surface area contributed by atoms with Gasteiger partial charge in [0.05, 0.1) is 5.92 Å². The van der Waals surface area contributed by atoms with Crippen LogP contribution in [0.3, 0.4) is 0 Å². The molecule has 5 rings (SSSR count). The summed E-state index contributed by atoms with van der Waals surface area (Å²) in [5.74, 6) is -0.444. The summed E-state index contributed by atoms with van der Waals surface area (Å²) in [6, 6.07) is 22.5. The second-order valence-corrected chi connectivity index (χ2v) is 9.49. The SMILES string of the molecule is Cc1cccc(NC(=O)N2CCCC(C(=O)Nc3ccc(C(=O)N4CCc5ccccc54)cc3)C2)c1. The van der Waals surface area contributed by atoms with E-state index in [0.29, 0.717) is 30.9 Å². The summed E-state index contributed by atoms with van der Waals surface area (Å²) in [7, 11) is 0. The van der Waals surface area contributed by atoms with Crippen LogP contribution in [0.25, 0.3) is 0 Å². The lowest BCUT2D eigenvalue weighted by Crippen LogP contribution is -2.45. The molecule has 1 atom stereocenters. The molecule has 7 heteroatoms. The number of para-hydroxylation sites is 1. The number of aryl methyl sites for hydroxylation is 1. The monoisotopic (exact) mass is 482 g/mol. The van der Waals surface area contributed by atoms with Gasteiger partial charge < -0.3 is 20.4 Å². The van der Waals surface area contributed by atoms with E-state index in [1.54, 1.807) is 34.1 Å². The van der Waals surface area contributed by atoms with Gasteiger partial charge in [0.2, 0.25) is 5.91 Å². The van der Waals surface area contributed by atoms with E-state index in [0.717, 1.165) is 36.2 Å². The van der Waals surface area contributed by atoms with Crippen LogP contribution in [0.4, 0.5) is 21.9 Å². The average molecular weight is 483 g/mol. The van der Waals surface area contributed by atoms with Crippen LogP contribution in [-0.4, -0.2) is 42.4 Å². The quantitative estimate of drug-likeness (QED) is 0.544. The molecule has 0 bridgehead atoms. The zero-order valence-corrected chi connectivity index (χ0v) is 20.4. The van der Waals surface area contributed by atoms with Gasteiger partial charge >= 0.3 is 6.03 Å². The van der Waals surface area contributed by atoms with Crippen LogP contribution >= 0.6 is 0 Å². The molecule has 0 aliphatic carbocycles. The van der Waals surface area contributed by atoms with Gasteiger partial charge in [0, 0.05) is 42.3 Å². The Balaban J connectivity index is 1.18. The van der Waals surface area contributed by atoms with E-state index in [9.17, 15) is 14.4 Å². The molecule has 1 fully saturated rings. The summed E-state index contributed by atoms with van der Waals surface area (Å²) in [4.78, 5) is 42.2. The number of piperidine rings is 1. The summed E-state index contributed by atoms with van der Waals surface area (Å²) in [6.45, 7) is 3.64. The molecule has 3 aromatic carbocycles. The normalized spacial score (nSPS) is 16.9. The summed E-state index contributed by atoms with van der Waals surface area (Å²) in [6.07, 6.45) is 2.35. The first-order chi connectivity index (χ1) is 17.5. The molecule has 184 valence electrons. The number of fused-ring (bicyclic) bond motifs is 1. The third-order valence-electron chi connectivity index (χ3n) is 6.88. The molecule has 0 radical (unpaired) electrons. The van der Waals surface area contributed by atoms with Crippen molar-refractivity contribution < 1.29 is 14.4 Å². The minimum absolute atomic E-state index is 0.0413. The molecule has 2 aliphatic heterocycles. The molecular formula is C29H30N4O3. The fourth-order valence-electron chi connectivity index (χ4n) is 4.95. The van der Waals surface area contributed by atoms with E-state index in [2.05, 4.69) is 16.7 Å². The lowest BCUT2D eigenvalue weighted by molar-refractivity contribution is -0.121. The Bertz CT molecular complexity index is 1290. The molecule has 0 spiro atoms. The van der Waals surface area contributed by atoms with Gasteiger partial charge in [-0.05, 0) is 79.8 Å². The molecule has 2 aliphatic rings. The Morgan fingerprint density at radius 3 is 2.47 bits per heavy atom. The number of hydrogen-bond donors (Lipinski definition) is 2. The molecule has 0 saturated carbocycles. The zero-order chi connectivity index (χ0) is 25.1. The lowest BCUT2D eigenvalue weighted by atomic mass is 9.97. The van der Waals surface area contributed by atoms with E-state index in [4.69, 9.17) is 0 Å². The van der Waals surface area contributed by atoms with Crippen molar-refractivity contribution in [3.05, 3.63) is 89.5 Å². The second kappa shape index (κ2) is 10.2. The van der Waals surface area contributed by atoms with Crippen LogP contribution in [0.2, 0.25) is 0 Å². The molecule has 1 unspecified atom stereocenters. The summed E-state index contributed by atoms with van der Waals surface area (Å²) in [5.41, 5.74) is 5.19. The molecular weight excluding hydrogens is 452 g/mol. The van der Waals surface area contributed by atoms with Crippen molar-refractivity contribution in [1.29, 1.82) is 0 Å². The van der Waals surface area contributed by atoms with Gasteiger partial charge in [-0.3, -0.25) is 9.59 Å². The predicted octanol–water partition coefficient (Wildman–Crippen LogP) is 5.08. The standard InChI is InChI=1S/C29H30N4O3/c1-20-6-4-9-25(18-20)31-29(36)32-16-5-8-23(19-32)27(34)30-24-13-11-22(12-14-24)28(35)33-17-15-21-7-2-3-10-26(21)33/h2-4,6-7,9-14,18,23H,5,8,15-17,19H2,1H3,(H,30,34)(H,31,36). The van der Waals surface area contributed by atoms with Gasteiger partial charge in [-0.15, -0.1) is 0 Å². The van der Waals surface area contributed by atoms with E-state index >= 15 is 0 Å². The van der Waals surface area contributed by atoms with Gasteiger partial charge in [-0.1, -0.05) is 30.3 Å². The minimum atomic E-state index is -0.288. The largest absolute Gasteiger partial charge is 0.326 e. The van der Waals surface area contributed by atoms with Crippen molar-refractivity contribution in [2.45, 2.75) is 26.2 Å². The van der Waals surface area contributed by atoms with Gasteiger partial charge in [0.25, 0.3) is 5.91 Å². The maximum atomic E-state index is 13.0. The van der Waals surface area contributed by atoms with E-state index < -0.39 is 0 Å². The highest BCUT2D eigenvalue weighted by Gasteiger charge is 2.29. The van der Waals surface area contributed by atoms with Crippen molar-refractivity contribution in [2.24, 2.45) is 5.92 Å². The number of amides is 4. The fraction of sp³-hybridized carbons (Fsp3) is 0.276. The number of carbonyl (C=O) groups is 3. The van der Waals surface area contributed by atoms with Crippen LogP contribution in [0.1, 0.15) is 34.3 Å². The topological polar surface area (TPSA) is 81.8 Å². The number of anilines is 3. The smallest absolute Gasteiger partial charge is 0.321 e. The molecule has 4 amide bonds. The fourth-order valence-corrected chi connectivity index (χ4v) is 4.95. The Morgan fingerprint density at radius 1 is 0.861 bits per heavy atom. The van der Waals surface area contributed by atoms with Crippen molar-refractivity contribution in [3.63, 3.8) is 0 Å². The Kier molecular flexibility index (Phi) is 6.71. The van der Waals surface area contributed by atoms with Crippen LogP contribution in [0.15, 0.2) is 72.8 Å².